The zero-order valence-electron chi connectivity index (χ0n) is 14.6. The van der Waals surface area contributed by atoms with Gasteiger partial charge < -0.3 is 14.9 Å². The Morgan fingerprint density at radius 2 is 1.80 bits per heavy atom. The van der Waals surface area contributed by atoms with Gasteiger partial charge in [0.15, 0.2) is 0 Å². The third-order valence-electron chi connectivity index (χ3n) is 7.82. The van der Waals surface area contributed by atoms with Gasteiger partial charge in [0.05, 0.1) is 11.6 Å². The molecule has 1 saturated heterocycles. The smallest absolute Gasteiger partial charge is 0.320 e. The first kappa shape index (κ1) is 14.6. The van der Waals surface area contributed by atoms with Gasteiger partial charge in [-0.25, -0.2) is 4.79 Å². The molecule has 4 unspecified atom stereocenters. The van der Waals surface area contributed by atoms with Crippen molar-refractivity contribution < 1.29 is 9.90 Å². The minimum Gasteiger partial charge on any atom is -0.390 e. The maximum absolute atomic E-state index is 13.2. The lowest BCUT2D eigenvalue weighted by Gasteiger charge is -2.59. The van der Waals surface area contributed by atoms with Crippen molar-refractivity contribution in [1.82, 2.24) is 9.80 Å². The summed E-state index contributed by atoms with van der Waals surface area (Å²) in [5.41, 5.74) is 2.35. The normalized spacial score (nSPS) is 44.2. The minimum atomic E-state index is -0.421. The van der Waals surface area contributed by atoms with Crippen LogP contribution in [-0.4, -0.2) is 45.7 Å². The van der Waals surface area contributed by atoms with Crippen molar-refractivity contribution in [3.8, 4) is 0 Å². The summed E-state index contributed by atoms with van der Waals surface area (Å²) in [6, 6.07) is 9.50. The van der Waals surface area contributed by atoms with Crippen molar-refractivity contribution in [2.24, 2.45) is 17.8 Å². The second-order valence-corrected chi connectivity index (χ2v) is 9.28. The summed E-state index contributed by atoms with van der Waals surface area (Å²) >= 11 is 0. The number of rotatable bonds is 1. The molecule has 4 saturated carbocycles. The first-order valence-electron chi connectivity index (χ1n) is 9.99. The van der Waals surface area contributed by atoms with E-state index in [1.165, 1.54) is 24.0 Å². The Hall–Kier alpha value is -1.55. The number of urea groups is 1. The number of aliphatic hydroxyl groups is 1. The summed E-state index contributed by atoms with van der Waals surface area (Å²) in [4.78, 5) is 17.6. The first-order chi connectivity index (χ1) is 12.1. The SMILES string of the molecule is O=C1N2CCc3ccccc3C2CN1C1[C@@H]2CC3C[C@H]1CC(O)(C3)C2. The lowest BCUT2D eigenvalue weighted by molar-refractivity contribution is -0.152. The molecule has 1 aromatic rings. The van der Waals surface area contributed by atoms with Gasteiger partial charge in [-0.1, -0.05) is 24.3 Å². The van der Waals surface area contributed by atoms with E-state index >= 15 is 0 Å². The second kappa shape index (κ2) is 4.79. The van der Waals surface area contributed by atoms with Gasteiger partial charge in [0, 0.05) is 19.1 Å². The van der Waals surface area contributed by atoms with E-state index in [1.54, 1.807) is 0 Å². The van der Waals surface area contributed by atoms with E-state index in [1.807, 2.05) is 0 Å². The number of benzene rings is 1. The summed E-state index contributed by atoms with van der Waals surface area (Å²) in [6.07, 6.45) is 6.24. The van der Waals surface area contributed by atoms with Crippen LogP contribution in [0.4, 0.5) is 4.79 Å². The Kier molecular flexibility index (Phi) is 2.80. The van der Waals surface area contributed by atoms with Crippen LogP contribution in [0, 0.1) is 17.8 Å². The van der Waals surface area contributed by atoms with Crippen molar-refractivity contribution >= 4 is 6.03 Å². The Bertz CT molecular complexity index is 731. The Balaban J connectivity index is 1.33. The van der Waals surface area contributed by atoms with Crippen LogP contribution in [0.2, 0.25) is 0 Å². The van der Waals surface area contributed by atoms with E-state index < -0.39 is 5.60 Å². The highest BCUT2D eigenvalue weighted by Gasteiger charge is 2.58. The molecule has 4 bridgehead atoms. The number of carbonyl (C=O) groups is 1. The molecule has 2 aliphatic heterocycles. The van der Waals surface area contributed by atoms with Gasteiger partial charge in [0.1, 0.15) is 0 Å². The molecule has 4 heteroatoms. The second-order valence-electron chi connectivity index (χ2n) is 9.28. The third kappa shape index (κ3) is 1.95. The van der Waals surface area contributed by atoms with Crippen LogP contribution in [0.3, 0.4) is 0 Å². The molecule has 1 N–H and O–H groups in total. The van der Waals surface area contributed by atoms with Crippen LogP contribution in [0.15, 0.2) is 24.3 Å². The predicted octanol–water partition coefficient (Wildman–Crippen LogP) is 2.96. The molecule has 6 atom stereocenters. The van der Waals surface area contributed by atoms with Crippen molar-refractivity contribution in [1.29, 1.82) is 0 Å². The largest absolute Gasteiger partial charge is 0.390 e. The zero-order chi connectivity index (χ0) is 16.8. The molecule has 2 heterocycles. The van der Waals surface area contributed by atoms with Crippen LogP contribution in [0.5, 0.6) is 0 Å². The number of hydrogen-bond donors (Lipinski definition) is 1. The maximum Gasteiger partial charge on any atom is 0.320 e. The monoisotopic (exact) mass is 338 g/mol. The fourth-order valence-corrected chi connectivity index (χ4v) is 7.22. The fraction of sp³-hybridized carbons (Fsp3) is 0.667. The molecule has 6 aliphatic rings. The van der Waals surface area contributed by atoms with Crippen LogP contribution in [0.25, 0.3) is 0 Å². The van der Waals surface area contributed by atoms with Crippen molar-refractivity contribution in [2.75, 3.05) is 13.1 Å². The van der Waals surface area contributed by atoms with E-state index in [4.69, 9.17) is 0 Å². The highest BCUT2D eigenvalue weighted by Crippen LogP contribution is 2.57. The van der Waals surface area contributed by atoms with Gasteiger partial charge in [0.2, 0.25) is 0 Å². The van der Waals surface area contributed by atoms with Crippen LogP contribution < -0.4 is 0 Å². The third-order valence-corrected chi connectivity index (χ3v) is 7.82. The van der Waals surface area contributed by atoms with Crippen molar-refractivity contribution in [3.05, 3.63) is 35.4 Å². The lowest BCUT2D eigenvalue weighted by Crippen LogP contribution is -2.62. The van der Waals surface area contributed by atoms with Gasteiger partial charge in [-0.15, -0.1) is 0 Å². The molecular weight excluding hydrogens is 312 g/mol. The average molecular weight is 338 g/mol. The van der Waals surface area contributed by atoms with Gasteiger partial charge in [-0.2, -0.15) is 0 Å². The minimum absolute atomic E-state index is 0.234. The summed E-state index contributed by atoms with van der Waals surface area (Å²) in [6.45, 7) is 1.70. The van der Waals surface area contributed by atoms with E-state index in [0.29, 0.717) is 23.8 Å². The van der Waals surface area contributed by atoms with Crippen molar-refractivity contribution in [3.63, 3.8) is 0 Å². The van der Waals surface area contributed by atoms with Gasteiger partial charge in [0.25, 0.3) is 0 Å². The molecule has 132 valence electrons. The maximum atomic E-state index is 13.2. The Morgan fingerprint density at radius 3 is 2.56 bits per heavy atom. The van der Waals surface area contributed by atoms with Crippen LogP contribution in [0.1, 0.15) is 49.3 Å². The topological polar surface area (TPSA) is 43.8 Å². The predicted molar refractivity (Wildman–Crippen MR) is 94.0 cm³/mol. The quantitative estimate of drug-likeness (QED) is 0.855. The first-order valence-corrected chi connectivity index (χ1v) is 9.99. The molecule has 4 aliphatic carbocycles. The molecule has 0 spiro atoms. The standard InChI is InChI=1S/C21H26N2O2/c24-20-22-6-5-14-3-1-2-4-17(14)18(22)12-23(20)19-15-7-13-8-16(19)11-21(25,9-13)10-15/h1-4,13,15-16,18-19,25H,5-12H2/t13?,15-,16+,18?,19?,21?. The van der Waals surface area contributed by atoms with Gasteiger partial charge in [-0.3, -0.25) is 0 Å². The molecule has 1 aromatic carbocycles. The van der Waals surface area contributed by atoms with E-state index in [9.17, 15) is 9.90 Å². The number of carbonyl (C=O) groups excluding carboxylic acids is 1. The average Bonchev–Trinajstić information content (AvgIpc) is 2.90. The number of hydrogen-bond acceptors (Lipinski definition) is 2. The zero-order valence-corrected chi connectivity index (χ0v) is 14.6. The molecule has 25 heavy (non-hydrogen) atoms. The van der Waals surface area contributed by atoms with Crippen molar-refractivity contribution in [2.45, 2.75) is 56.2 Å². The molecule has 4 nitrogen and oxygen atoms in total. The van der Waals surface area contributed by atoms with Crippen LogP contribution in [-0.2, 0) is 6.42 Å². The molecule has 7 rings (SSSR count). The molecule has 5 fully saturated rings. The van der Waals surface area contributed by atoms with Gasteiger partial charge >= 0.3 is 6.03 Å². The van der Waals surface area contributed by atoms with Crippen LogP contribution >= 0.6 is 0 Å². The number of amides is 2. The van der Waals surface area contributed by atoms with E-state index in [-0.39, 0.29) is 12.1 Å². The molecule has 0 radical (unpaired) electrons. The fourth-order valence-electron chi connectivity index (χ4n) is 7.22. The molecular formula is C21H26N2O2. The molecule has 0 aromatic heterocycles. The summed E-state index contributed by atoms with van der Waals surface area (Å²) in [5.74, 6) is 1.72. The number of nitrogens with zero attached hydrogens (tertiary/aromatic N) is 2. The Labute approximate surface area is 148 Å². The van der Waals surface area contributed by atoms with Gasteiger partial charge in [-0.05, 0) is 67.4 Å². The number of fused-ring (bicyclic) bond motifs is 3. The summed E-state index contributed by atoms with van der Waals surface area (Å²) in [7, 11) is 0. The van der Waals surface area contributed by atoms with E-state index in [0.717, 1.165) is 38.8 Å². The lowest BCUT2D eigenvalue weighted by atomic mass is 9.52. The highest BCUT2D eigenvalue weighted by atomic mass is 16.3. The van der Waals surface area contributed by atoms with E-state index in [2.05, 4.69) is 34.1 Å². The molecule has 2 amide bonds. The summed E-state index contributed by atoms with van der Waals surface area (Å²) in [5, 5.41) is 10.9. The highest BCUT2D eigenvalue weighted by molar-refractivity contribution is 5.78. The Morgan fingerprint density at radius 1 is 1.04 bits per heavy atom. The summed E-state index contributed by atoms with van der Waals surface area (Å²) < 4.78 is 0.